The average molecular weight is 226 g/mol. The van der Waals surface area contributed by atoms with Gasteiger partial charge >= 0.3 is 0 Å². The summed E-state index contributed by atoms with van der Waals surface area (Å²) in [6, 6.07) is 0.269. The Balaban J connectivity index is 2.08. The quantitative estimate of drug-likeness (QED) is 0.750. The zero-order chi connectivity index (χ0) is 11.8. The molecule has 1 amide bonds. The van der Waals surface area contributed by atoms with Crippen molar-refractivity contribution in [1.82, 2.24) is 10.2 Å². The summed E-state index contributed by atoms with van der Waals surface area (Å²) in [7, 11) is 0. The minimum Gasteiger partial charge on any atom is -0.363 e. The highest BCUT2D eigenvalue weighted by Crippen LogP contribution is 2.31. The molecule has 0 radical (unpaired) electrons. The van der Waals surface area contributed by atoms with E-state index >= 15 is 0 Å². The van der Waals surface area contributed by atoms with Gasteiger partial charge in [-0.15, -0.1) is 0 Å². The highest BCUT2D eigenvalue weighted by Gasteiger charge is 2.43. The van der Waals surface area contributed by atoms with Crippen LogP contribution in [-0.4, -0.2) is 48.7 Å². The molecule has 1 N–H and O–H groups in total. The highest BCUT2D eigenvalue weighted by molar-refractivity contribution is 5.78. The van der Waals surface area contributed by atoms with E-state index in [0.717, 1.165) is 26.1 Å². The second kappa shape index (κ2) is 4.34. The van der Waals surface area contributed by atoms with Gasteiger partial charge in [0.15, 0.2) is 0 Å². The number of carbonyl (C=O) groups is 1. The molecule has 0 aromatic carbocycles. The van der Waals surface area contributed by atoms with Gasteiger partial charge in [-0.1, -0.05) is 0 Å². The molecule has 4 heteroatoms. The predicted molar refractivity (Wildman–Crippen MR) is 62.2 cm³/mol. The lowest BCUT2D eigenvalue weighted by atomic mass is 9.86. The number of hydrogen-bond donors (Lipinski definition) is 1. The molecule has 2 aliphatic heterocycles. The molecule has 4 nitrogen and oxygen atoms in total. The number of rotatable bonds is 2. The maximum absolute atomic E-state index is 11.7. The Morgan fingerprint density at radius 1 is 1.56 bits per heavy atom. The molecule has 16 heavy (non-hydrogen) atoms. The van der Waals surface area contributed by atoms with Gasteiger partial charge in [0.05, 0.1) is 12.1 Å². The van der Waals surface area contributed by atoms with Gasteiger partial charge < -0.3 is 15.0 Å². The average Bonchev–Trinajstić information content (AvgIpc) is 2.75. The molecule has 2 rings (SSSR count). The number of amides is 1. The molecule has 0 spiro atoms. The number of nitrogens with one attached hydrogen (secondary N) is 1. The fourth-order valence-electron chi connectivity index (χ4n) is 2.67. The van der Waals surface area contributed by atoms with Gasteiger partial charge in [-0.3, -0.25) is 4.79 Å². The van der Waals surface area contributed by atoms with Gasteiger partial charge in [0.2, 0.25) is 5.91 Å². The lowest BCUT2D eigenvalue weighted by molar-refractivity contribution is -0.171. The second-order valence-electron chi connectivity index (χ2n) is 5.41. The van der Waals surface area contributed by atoms with Crippen LogP contribution < -0.4 is 5.32 Å². The minimum atomic E-state index is -0.165. The Hall–Kier alpha value is -0.610. The molecule has 0 aromatic heterocycles. The van der Waals surface area contributed by atoms with Gasteiger partial charge in [-0.25, -0.2) is 0 Å². The van der Waals surface area contributed by atoms with E-state index in [2.05, 4.69) is 26.1 Å². The van der Waals surface area contributed by atoms with Crippen molar-refractivity contribution in [3.05, 3.63) is 0 Å². The molecular formula is C12H22N2O2. The minimum absolute atomic E-state index is 0.124. The number of hydrogen-bond acceptors (Lipinski definition) is 3. The maximum Gasteiger partial charge on any atom is 0.248 e. The van der Waals surface area contributed by atoms with E-state index in [1.807, 2.05) is 4.90 Å². The first kappa shape index (κ1) is 11.9. The van der Waals surface area contributed by atoms with E-state index in [1.54, 1.807) is 0 Å². The van der Waals surface area contributed by atoms with Gasteiger partial charge in [-0.2, -0.15) is 0 Å². The molecule has 2 fully saturated rings. The van der Waals surface area contributed by atoms with Crippen LogP contribution >= 0.6 is 0 Å². The second-order valence-corrected chi connectivity index (χ2v) is 5.41. The topological polar surface area (TPSA) is 41.6 Å². The number of ether oxygens (including phenoxy) is 1. The monoisotopic (exact) mass is 226 g/mol. The maximum atomic E-state index is 11.7. The Kier molecular flexibility index (Phi) is 3.22. The highest BCUT2D eigenvalue weighted by atomic mass is 16.5. The summed E-state index contributed by atoms with van der Waals surface area (Å²) < 4.78 is 5.81. The largest absolute Gasteiger partial charge is 0.363 e. The smallest absolute Gasteiger partial charge is 0.248 e. The van der Waals surface area contributed by atoms with Gasteiger partial charge in [0.1, 0.15) is 6.61 Å². The van der Waals surface area contributed by atoms with Crippen LogP contribution in [0.1, 0.15) is 27.2 Å². The molecule has 0 aliphatic carbocycles. The molecule has 2 aliphatic rings. The molecule has 0 aromatic rings. The molecule has 2 heterocycles. The van der Waals surface area contributed by atoms with Crippen LogP contribution in [0.5, 0.6) is 0 Å². The van der Waals surface area contributed by atoms with Gasteiger partial charge in [0.25, 0.3) is 0 Å². The summed E-state index contributed by atoms with van der Waals surface area (Å²) >= 11 is 0. The van der Waals surface area contributed by atoms with Crippen LogP contribution in [0.3, 0.4) is 0 Å². The van der Waals surface area contributed by atoms with Crippen molar-refractivity contribution >= 4 is 5.91 Å². The first-order chi connectivity index (χ1) is 7.53. The fourth-order valence-corrected chi connectivity index (χ4v) is 2.67. The molecular weight excluding hydrogens is 204 g/mol. The van der Waals surface area contributed by atoms with Crippen LogP contribution in [0.15, 0.2) is 0 Å². The van der Waals surface area contributed by atoms with Crippen LogP contribution in [-0.2, 0) is 9.53 Å². The Bertz CT molecular complexity index is 274. The van der Waals surface area contributed by atoms with Crippen molar-refractivity contribution in [2.24, 2.45) is 5.92 Å². The summed E-state index contributed by atoms with van der Waals surface area (Å²) in [4.78, 5) is 13.7. The van der Waals surface area contributed by atoms with Gasteiger partial charge in [-0.05, 0) is 33.7 Å². The lowest BCUT2D eigenvalue weighted by Crippen LogP contribution is -2.58. The van der Waals surface area contributed by atoms with Crippen LogP contribution in [0, 0.1) is 5.92 Å². The lowest BCUT2D eigenvalue weighted by Gasteiger charge is -2.45. The molecule has 2 saturated heterocycles. The normalized spacial score (nSPS) is 36.1. The van der Waals surface area contributed by atoms with Gasteiger partial charge in [0, 0.05) is 18.5 Å². The standard InChI is InChI=1S/C12H22N2O2/c1-9(2)14-8-12(3,16-7-11(14)15)10-4-5-13-6-10/h9-10,13H,4-8H2,1-3H3. The zero-order valence-electron chi connectivity index (χ0n) is 10.5. The number of carbonyl (C=O) groups excluding carboxylic acids is 1. The molecule has 0 saturated carbocycles. The number of nitrogens with zero attached hydrogens (tertiary/aromatic N) is 1. The molecule has 0 bridgehead atoms. The summed E-state index contributed by atoms with van der Waals surface area (Å²) in [5.41, 5.74) is -0.165. The summed E-state index contributed by atoms with van der Waals surface area (Å²) in [6.45, 7) is 9.33. The molecule has 92 valence electrons. The first-order valence-electron chi connectivity index (χ1n) is 6.17. The third-order valence-electron chi connectivity index (χ3n) is 3.88. The Morgan fingerprint density at radius 2 is 2.31 bits per heavy atom. The van der Waals surface area contributed by atoms with Crippen LogP contribution in [0.25, 0.3) is 0 Å². The van der Waals surface area contributed by atoms with E-state index in [0.29, 0.717) is 5.92 Å². The van der Waals surface area contributed by atoms with E-state index in [1.165, 1.54) is 0 Å². The molecule has 2 atom stereocenters. The summed E-state index contributed by atoms with van der Waals surface area (Å²) in [6.07, 6.45) is 1.15. The van der Waals surface area contributed by atoms with Crippen molar-refractivity contribution in [2.75, 3.05) is 26.2 Å². The summed E-state index contributed by atoms with van der Waals surface area (Å²) in [5.74, 6) is 0.653. The van der Waals surface area contributed by atoms with Crippen molar-refractivity contribution in [3.63, 3.8) is 0 Å². The van der Waals surface area contributed by atoms with Crippen LogP contribution in [0.2, 0.25) is 0 Å². The number of morpholine rings is 1. The van der Waals surface area contributed by atoms with E-state index in [4.69, 9.17) is 4.74 Å². The van der Waals surface area contributed by atoms with Crippen molar-refractivity contribution in [2.45, 2.75) is 38.8 Å². The third-order valence-corrected chi connectivity index (χ3v) is 3.88. The van der Waals surface area contributed by atoms with E-state index in [-0.39, 0.29) is 24.2 Å². The predicted octanol–water partition coefficient (Wildman–Crippen LogP) is 0.622. The van der Waals surface area contributed by atoms with Crippen molar-refractivity contribution in [3.8, 4) is 0 Å². The molecule has 2 unspecified atom stereocenters. The fraction of sp³-hybridized carbons (Fsp3) is 0.917. The SMILES string of the molecule is CC(C)N1CC(C)(C2CCNC2)OCC1=O. The van der Waals surface area contributed by atoms with Crippen molar-refractivity contribution < 1.29 is 9.53 Å². The van der Waals surface area contributed by atoms with E-state index < -0.39 is 0 Å². The Labute approximate surface area is 97.3 Å². The Morgan fingerprint density at radius 3 is 2.88 bits per heavy atom. The zero-order valence-corrected chi connectivity index (χ0v) is 10.5. The van der Waals surface area contributed by atoms with Crippen molar-refractivity contribution in [1.29, 1.82) is 0 Å². The van der Waals surface area contributed by atoms with E-state index in [9.17, 15) is 4.79 Å². The first-order valence-corrected chi connectivity index (χ1v) is 6.17. The van der Waals surface area contributed by atoms with Crippen LogP contribution in [0.4, 0.5) is 0 Å². The summed E-state index contributed by atoms with van der Waals surface area (Å²) in [5, 5.41) is 3.37. The third kappa shape index (κ3) is 2.09.